The van der Waals surface area contributed by atoms with E-state index < -0.39 is 0 Å². The molecule has 0 aliphatic carbocycles. The summed E-state index contributed by atoms with van der Waals surface area (Å²) in [5, 5.41) is 3.40. The van der Waals surface area contributed by atoms with E-state index in [4.69, 9.17) is 5.73 Å². The Balaban J connectivity index is 2.01. The second-order valence-corrected chi connectivity index (χ2v) is 5.06. The Morgan fingerprint density at radius 2 is 1.68 bits per heavy atom. The van der Waals surface area contributed by atoms with Crippen LogP contribution in [-0.4, -0.2) is 6.54 Å². The lowest BCUT2D eigenvalue weighted by Crippen LogP contribution is -2.08. The summed E-state index contributed by atoms with van der Waals surface area (Å²) < 4.78 is 0. The van der Waals surface area contributed by atoms with Gasteiger partial charge in [-0.05, 0) is 61.6 Å². The Hall–Kier alpha value is -1.96. The maximum atomic E-state index is 5.91. The molecule has 2 rings (SSSR count). The van der Waals surface area contributed by atoms with E-state index in [1.54, 1.807) is 0 Å². The van der Waals surface area contributed by atoms with Crippen LogP contribution in [0.15, 0.2) is 36.4 Å². The highest BCUT2D eigenvalue weighted by Gasteiger charge is 2.04. The highest BCUT2D eigenvalue weighted by atomic mass is 14.9. The molecule has 0 aliphatic rings. The van der Waals surface area contributed by atoms with E-state index in [0.717, 1.165) is 24.3 Å². The van der Waals surface area contributed by atoms with Gasteiger partial charge in [-0.1, -0.05) is 24.3 Å². The van der Waals surface area contributed by atoms with Gasteiger partial charge in [-0.25, -0.2) is 0 Å². The third-order valence-corrected chi connectivity index (χ3v) is 3.84. The molecule has 0 radical (unpaired) electrons. The molecule has 0 fully saturated rings. The Kier molecular flexibility index (Phi) is 4.10. The van der Waals surface area contributed by atoms with Gasteiger partial charge in [0.1, 0.15) is 0 Å². The third-order valence-electron chi connectivity index (χ3n) is 3.84. The molecule has 0 spiro atoms. The fraction of sp³-hybridized carbons (Fsp3) is 0.294. The van der Waals surface area contributed by atoms with Crippen molar-refractivity contribution in [2.24, 2.45) is 0 Å². The largest absolute Gasteiger partial charge is 0.397 e. The van der Waals surface area contributed by atoms with Crippen molar-refractivity contribution >= 4 is 11.4 Å². The number of para-hydroxylation sites is 2. The van der Waals surface area contributed by atoms with Crippen molar-refractivity contribution in [2.45, 2.75) is 27.2 Å². The second kappa shape index (κ2) is 5.79. The van der Waals surface area contributed by atoms with Gasteiger partial charge in [0.2, 0.25) is 0 Å². The van der Waals surface area contributed by atoms with Gasteiger partial charge in [-0.2, -0.15) is 0 Å². The lowest BCUT2D eigenvalue weighted by atomic mass is 9.97. The minimum absolute atomic E-state index is 0.805. The standard InChI is InChI=1S/C17H22N2/c1-12-8-9-15(14(3)13(12)2)10-11-19-17-7-5-4-6-16(17)18/h4-9,19H,10-11,18H2,1-3H3. The van der Waals surface area contributed by atoms with Crippen molar-refractivity contribution in [3.05, 3.63) is 58.7 Å². The zero-order valence-corrected chi connectivity index (χ0v) is 12.0. The van der Waals surface area contributed by atoms with Crippen molar-refractivity contribution in [3.63, 3.8) is 0 Å². The fourth-order valence-corrected chi connectivity index (χ4v) is 2.27. The molecular weight excluding hydrogens is 232 g/mol. The molecule has 2 heteroatoms. The quantitative estimate of drug-likeness (QED) is 0.813. The van der Waals surface area contributed by atoms with E-state index in [2.05, 4.69) is 38.2 Å². The van der Waals surface area contributed by atoms with Crippen molar-refractivity contribution in [1.29, 1.82) is 0 Å². The Labute approximate surface area is 115 Å². The first-order valence-corrected chi connectivity index (χ1v) is 6.73. The van der Waals surface area contributed by atoms with Crippen molar-refractivity contribution in [1.82, 2.24) is 0 Å². The van der Waals surface area contributed by atoms with Crippen LogP contribution in [0.4, 0.5) is 11.4 Å². The van der Waals surface area contributed by atoms with Crippen LogP contribution in [0.1, 0.15) is 22.3 Å². The molecule has 19 heavy (non-hydrogen) atoms. The number of hydrogen-bond acceptors (Lipinski definition) is 2. The third kappa shape index (κ3) is 3.08. The zero-order chi connectivity index (χ0) is 13.8. The molecule has 2 aromatic carbocycles. The van der Waals surface area contributed by atoms with Crippen LogP contribution in [0.2, 0.25) is 0 Å². The highest BCUT2D eigenvalue weighted by molar-refractivity contribution is 5.65. The molecule has 2 nitrogen and oxygen atoms in total. The van der Waals surface area contributed by atoms with Crippen LogP contribution >= 0.6 is 0 Å². The predicted octanol–water partition coefficient (Wildman–Crippen LogP) is 3.85. The van der Waals surface area contributed by atoms with E-state index in [0.29, 0.717) is 0 Å². The summed E-state index contributed by atoms with van der Waals surface area (Å²) in [6.07, 6.45) is 1.02. The lowest BCUT2D eigenvalue weighted by Gasteiger charge is -2.13. The molecule has 100 valence electrons. The van der Waals surface area contributed by atoms with E-state index in [1.165, 1.54) is 22.3 Å². The molecule has 3 N–H and O–H groups in total. The van der Waals surface area contributed by atoms with Gasteiger partial charge in [0.25, 0.3) is 0 Å². The number of rotatable bonds is 4. The zero-order valence-electron chi connectivity index (χ0n) is 12.0. The summed E-state index contributed by atoms with van der Waals surface area (Å²) in [4.78, 5) is 0. The first-order chi connectivity index (χ1) is 9.09. The Bertz CT molecular complexity index is 573. The molecule has 0 amide bonds. The van der Waals surface area contributed by atoms with E-state index in [-0.39, 0.29) is 0 Å². The predicted molar refractivity (Wildman–Crippen MR) is 83.7 cm³/mol. The van der Waals surface area contributed by atoms with Crippen molar-refractivity contribution in [2.75, 3.05) is 17.6 Å². The smallest absolute Gasteiger partial charge is 0.0574 e. The van der Waals surface area contributed by atoms with E-state index in [9.17, 15) is 0 Å². The first kappa shape index (κ1) is 13.5. The van der Waals surface area contributed by atoms with Gasteiger partial charge in [0.15, 0.2) is 0 Å². The van der Waals surface area contributed by atoms with Gasteiger partial charge >= 0.3 is 0 Å². The van der Waals surface area contributed by atoms with Crippen LogP contribution in [0.3, 0.4) is 0 Å². The monoisotopic (exact) mass is 254 g/mol. The average molecular weight is 254 g/mol. The van der Waals surface area contributed by atoms with Crippen molar-refractivity contribution in [3.8, 4) is 0 Å². The summed E-state index contributed by atoms with van der Waals surface area (Å²) in [6.45, 7) is 7.46. The topological polar surface area (TPSA) is 38.0 Å². The molecule has 0 saturated carbocycles. The van der Waals surface area contributed by atoms with Gasteiger partial charge < -0.3 is 11.1 Å². The van der Waals surface area contributed by atoms with Gasteiger partial charge in [-0.15, -0.1) is 0 Å². The second-order valence-electron chi connectivity index (χ2n) is 5.06. The number of hydrogen-bond donors (Lipinski definition) is 2. The number of anilines is 2. The van der Waals surface area contributed by atoms with Crippen LogP contribution < -0.4 is 11.1 Å². The molecule has 2 aromatic rings. The molecule has 0 aromatic heterocycles. The normalized spacial score (nSPS) is 10.5. The highest BCUT2D eigenvalue weighted by Crippen LogP contribution is 2.19. The van der Waals surface area contributed by atoms with Crippen LogP contribution in [0.25, 0.3) is 0 Å². The molecule has 0 unspecified atom stereocenters. The summed E-state index contributed by atoms with van der Waals surface area (Å²) in [6, 6.07) is 12.3. The van der Waals surface area contributed by atoms with Gasteiger partial charge in [-0.3, -0.25) is 0 Å². The summed E-state index contributed by atoms with van der Waals surface area (Å²) >= 11 is 0. The van der Waals surface area contributed by atoms with E-state index >= 15 is 0 Å². The van der Waals surface area contributed by atoms with Crippen LogP contribution in [-0.2, 0) is 6.42 Å². The van der Waals surface area contributed by atoms with Gasteiger partial charge in [0.05, 0.1) is 11.4 Å². The molecule has 0 heterocycles. The molecular formula is C17H22N2. The number of nitrogens with one attached hydrogen (secondary N) is 1. The summed E-state index contributed by atoms with van der Waals surface area (Å²) in [7, 11) is 0. The van der Waals surface area contributed by atoms with Crippen LogP contribution in [0.5, 0.6) is 0 Å². The summed E-state index contributed by atoms with van der Waals surface area (Å²) in [5.74, 6) is 0. The Morgan fingerprint density at radius 3 is 2.42 bits per heavy atom. The number of aryl methyl sites for hydroxylation is 1. The molecule has 0 saturated heterocycles. The average Bonchev–Trinajstić information content (AvgIpc) is 2.41. The lowest BCUT2D eigenvalue weighted by molar-refractivity contribution is 0.996. The minimum Gasteiger partial charge on any atom is -0.397 e. The number of benzene rings is 2. The van der Waals surface area contributed by atoms with Gasteiger partial charge in [0, 0.05) is 6.54 Å². The van der Waals surface area contributed by atoms with Crippen LogP contribution in [0, 0.1) is 20.8 Å². The molecule has 0 aliphatic heterocycles. The summed E-state index contributed by atoms with van der Waals surface area (Å²) in [5.41, 5.74) is 13.3. The maximum Gasteiger partial charge on any atom is 0.0574 e. The fourth-order valence-electron chi connectivity index (χ4n) is 2.27. The molecule has 0 atom stereocenters. The number of nitrogens with two attached hydrogens (primary N) is 1. The Morgan fingerprint density at radius 1 is 0.947 bits per heavy atom. The molecule has 0 bridgehead atoms. The number of nitrogen functional groups attached to an aromatic ring is 1. The minimum atomic E-state index is 0.805. The maximum absolute atomic E-state index is 5.91. The first-order valence-electron chi connectivity index (χ1n) is 6.73. The van der Waals surface area contributed by atoms with E-state index in [1.807, 2.05) is 24.3 Å². The SMILES string of the molecule is Cc1ccc(CCNc2ccccc2N)c(C)c1C. The van der Waals surface area contributed by atoms with Crippen molar-refractivity contribution < 1.29 is 0 Å².